The largest absolute Gasteiger partial charge is 0.491 e. The SMILES string of the molecule is O=C(O)N(c1ccccc1)c1ccc(N2CCN(c3ccc(OC[C@@H]4CO[C@@](Cn5ccnc5)(c5ccc(Cl)cc5Cl)O4)cc3)CC2)cc1. The summed E-state index contributed by atoms with van der Waals surface area (Å²) in [5, 5.41) is 10.8. The van der Waals surface area contributed by atoms with E-state index in [2.05, 4.69) is 26.9 Å². The first kappa shape index (κ1) is 32.8. The Labute approximate surface area is 294 Å². The van der Waals surface area contributed by atoms with E-state index in [1.165, 1.54) is 4.90 Å². The molecule has 5 aromatic rings. The maximum absolute atomic E-state index is 12.0. The van der Waals surface area contributed by atoms with Crippen LogP contribution in [0.5, 0.6) is 5.75 Å². The molecule has 0 spiro atoms. The molecule has 2 aliphatic heterocycles. The number of imidazole rings is 1. The highest BCUT2D eigenvalue weighted by Gasteiger charge is 2.45. The van der Waals surface area contributed by atoms with Gasteiger partial charge in [-0.05, 0) is 72.8 Å². The van der Waals surface area contributed by atoms with Crippen molar-refractivity contribution in [2.24, 2.45) is 0 Å². The van der Waals surface area contributed by atoms with E-state index in [-0.39, 0.29) is 6.10 Å². The number of benzene rings is 4. The van der Waals surface area contributed by atoms with Gasteiger partial charge in [0.1, 0.15) is 18.5 Å². The Balaban J connectivity index is 0.929. The van der Waals surface area contributed by atoms with Crippen molar-refractivity contribution >= 4 is 52.0 Å². The second-order valence-corrected chi connectivity index (χ2v) is 12.8. The number of aromatic nitrogens is 2. The summed E-state index contributed by atoms with van der Waals surface area (Å²) in [6.45, 7) is 4.41. The van der Waals surface area contributed by atoms with Crippen LogP contribution in [0.15, 0.2) is 116 Å². The number of halogens is 2. The summed E-state index contributed by atoms with van der Waals surface area (Å²) in [6.07, 6.45) is 3.93. The van der Waals surface area contributed by atoms with E-state index in [1.54, 1.807) is 36.8 Å². The van der Waals surface area contributed by atoms with E-state index >= 15 is 0 Å². The normalized spacial score (nSPS) is 19.2. The molecular formula is C37H35Cl2N5O5. The lowest BCUT2D eigenvalue weighted by atomic mass is 10.1. The minimum absolute atomic E-state index is 0.309. The van der Waals surface area contributed by atoms with E-state index in [9.17, 15) is 9.90 Å². The summed E-state index contributed by atoms with van der Waals surface area (Å²) in [5.74, 6) is -0.362. The van der Waals surface area contributed by atoms with Gasteiger partial charge in [-0.1, -0.05) is 47.5 Å². The molecule has 0 saturated carbocycles. The number of hydrogen-bond acceptors (Lipinski definition) is 7. The zero-order chi connectivity index (χ0) is 33.8. The Hall–Kier alpha value is -4.74. The first-order valence-electron chi connectivity index (χ1n) is 16.0. The van der Waals surface area contributed by atoms with Gasteiger partial charge in [0.2, 0.25) is 5.79 Å². The maximum atomic E-state index is 12.0. The lowest BCUT2D eigenvalue weighted by molar-refractivity contribution is -0.189. The molecule has 7 rings (SSSR count). The number of amides is 1. The Morgan fingerprint density at radius 1 is 0.898 bits per heavy atom. The van der Waals surface area contributed by atoms with Crippen molar-refractivity contribution in [2.75, 3.05) is 54.1 Å². The highest BCUT2D eigenvalue weighted by molar-refractivity contribution is 6.35. The van der Waals surface area contributed by atoms with Gasteiger partial charge in [-0.15, -0.1) is 0 Å². The molecule has 1 N–H and O–H groups in total. The molecule has 0 radical (unpaired) electrons. The van der Waals surface area contributed by atoms with E-state index in [1.807, 2.05) is 71.4 Å². The van der Waals surface area contributed by atoms with Crippen molar-refractivity contribution in [3.8, 4) is 5.75 Å². The molecule has 3 heterocycles. The van der Waals surface area contributed by atoms with E-state index < -0.39 is 11.9 Å². The smallest absolute Gasteiger partial charge is 0.416 e. The van der Waals surface area contributed by atoms with Crippen LogP contribution in [0.25, 0.3) is 0 Å². The van der Waals surface area contributed by atoms with Gasteiger partial charge < -0.3 is 33.7 Å². The molecule has 4 aromatic carbocycles. The van der Waals surface area contributed by atoms with Gasteiger partial charge in [0.15, 0.2) is 0 Å². The fraction of sp³-hybridized carbons (Fsp3) is 0.243. The van der Waals surface area contributed by atoms with E-state index in [0.717, 1.165) is 43.3 Å². The maximum Gasteiger partial charge on any atom is 0.416 e. The van der Waals surface area contributed by atoms with Gasteiger partial charge in [0, 0.05) is 60.5 Å². The van der Waals surface area contributed by atoms with Crippen molar-refractivity contribution in [1.82, 2.24) is 9.55 Å². The van der Waals surface area contributed by atoms with Gasteiger partial charge in [0.05, 0.1) is 35.9 Å². The first-order chi connectivity index (χ1) is 23.9. The molecule has 1 amide bonds. The molecule has 2 aliphatic rings. The molecule has 49 heavy (non-hydrogen) atoms. The van der Waals surface area contributed by atoms with Crippen LogP contribution < -0.4 is 19.4 Å². The summed E-state index contributed by atoms with van der Waals surface area (Å²) in [5.41, 5.74) is 4.10. The van der Waals surface area contributed by atoms with Crippen molar-refractivity contribution < 1.29 is 24.1 Å². The van der Waals surface area contributed by atoms with Gasteiger partial charge in [0.25, 0.3) is 0 Å². The number of ether oxygens (including phenoxy) is 3. The Bertz CT molecular complexity index is 1850. The summed E-state index contributed by atoms with van der Waals surface area (Å²) >= 11 is 12.8. The van der Waals surface area contributed by atoms with Crippen molar-refractivity contribution in [1.29, 1.82) is 0 Å². The van der Waals surface area contributed by atoms with Crippen molar-refractivity contribution in [3.05, 3.63) is 131 Å². The Kier molecular flexibility index (Phi) is 9.63. The lowest BCUT2D eigenvalue weighted by Gasteiger charge is -2.37. The zero-order valence-corrected chi connectivity index (χ0v) is 28.1. The number of para-hydroxylation sites is 1. The number of nitrogens with zero attached hydrogens (tertiary/aromatic N) is 5. The molecule has 1 aromatic heterocycles. The molecule has 2 fully saturated rings. The third-order valence-corrected chi connectivity index (χ3v) is 9.29. The number of carbonyl (C=O) groups is 1. The van der Waals surface area contributed by atoms with Gasteiger partial charge in [-0.3, -0.25) is 0 Å². The molecule has 10 nitrogen and oxygen atoms in total. The van der Waals surface area contributed by atoms with Crippen LogP contribution >= 0.6 is 23.2 Å². The summed E-state index contributed by atoms with van der Waals surface area (Å²) in [7, 11) is 0. The second kappa shape index (κ2) is 14.4. The Morgan fingerprint density at radius 3 is 2.16 bits per heavy atom. The van der Waals surface area contributed by atoms with Crippen LogP contribution in [0.4, 0.5) is 27.5 Å². The van der Waals surface area contributed by atoms with Crippen molar-refractivity contribution in [2.45, 2.75) is 18.4 Å². The molecule has 0 aliphatic carbocycles. The van der Waals surface area contributed by atoms with Gasteiger partial charge in [-0.2, -0.15) is 0 Å². The Morgan fingerprint density at radius 2 is 1.55 bits per heavy atom. The minimum Gasteiger partial charge on any atom is -0.491 e. The molecular weight excluding hydrogens is 665 g/mol. The number of carboxylic acid groups (broad SMARTS) is 1. The lowest BCUT2D eigenvalue weighted by Crippen LogP contribution is -2.46. The molecule has 12 heteroatoms. The van der Waals surface area contributed by atoms with Crippen LogP contribution in [-0.4, -0.2) is 66.2 Å². The topological polar surface area (TPSA) is 92.5 Å². The van der Waals surface area contributed by atoms with Crippen LogP contribution in [0.2, 0.25) is 10.0 Å². The standard InChI is InChI=1S/C37H35Cl2N5O5/c38-27-6-15-34(35(39)22-27)37(25-41-17-16-40-26-41)48-24-33(49-37)23-47-32-13-11-29(12-14-32)43-20-18-42(19-21-43)28-7-9-31(10-8-28)44(36(45)46)30-4-2-1-3-5-30/h1-17,22,26,33H,18-21,23-25H2,(H,45,46)/t33-,37-/m1/s1. The third kappa shape index (κ3) is 7.33. The number of piperazine rings is 1. The predicted octanol–water partition coefficient (Wildman–Crippen LogP) is 7.68. The molecule has 2 saturated heterocycles. The van der Waals surface area contributed by atoms with E-state index in [0.29, 0.717) is 46.7 Å². The highest BCUT2D eigenvalue weighted by atomic mass is 35.5. The van der Waals surface area contributed by atoms with Crippen LogP contribution in [0.1, 0.15) is 5.56 Å². The quantitative estimate of drug-likeness (QED) is 0.159. The monoisotopic (exact) mass is 699 g/mol. The van der Waals surface area contributed by atoms with E-state index in [4.69, 9.17) is 37.4 Å². The number of anilines is 4. The third-order valence-electron chi connectivity index (χ3n) is 8.75. The highest BCUT2D eigenvalue weighted by Crippen LogP contribution is 2.41. The van der Waals surface area contributed by atoms with Gasteiger partial charge >= 0.3 is 6.09 Å². The molecule has 0 unspecified atom stereocenters. The average Bonchev–Trinajstić information content (AvgIpc) is 3.79. The first-order valence-corrected chi connectivity index (χ1v) is 16.8. The van der Waals surface area contributed by atoms with Crippen LogP contribution in [-0.2, 0) is 21.8 Å². The molecule has 0 bridgehead atoms. The van der Waals surface area contributed by atoms with Crippen LogP contribution in [0.3, 0.4) is 0 Å². The molecule has 2 atom stereocenters. The van der Waals surface area contributed by atoms with Gasteiger partial charge in [-0.25, -0.2) is 14.7 Å². The zero-order valence-electron chi connectivity index (χ0n) is 26.6. The van der Waals surface area contributed by atoms with Crippen LogP contribution in [0, 0.1) is 0 Å². The van der Waals surface area contributed by atoms with Crippen molar-refractivity contribution in [3.63, 3.8) is 0 Å². The summed E-state index contributed by atoms with van der Waals surface area (Å²) in [6, 6.07) is 30.2. The predicted molar refractivity (Wildman–Crippen MR) is 191 cm³/mol. The summed E-state index contributed by atoms with van der Waals surface area (Å²) < 4.78 is 20.8. The fourth-order valence-electron chi connectivity index (χ4n) is 6.30. The minimum atomic E-state index is -1.11. The summed E-state index contributed by atoms with van der Waals surface area (Å²) in [4.78, 5) is 22.1. The fourth-order valence-corrected chi connectivity index (χ4v) is 6.85. The molecule has 252 valence electrons. The number of rotatable bonds is 10. The second-order valence-electron chi connectivity index (χ2n) is 11.9. The number of hydrogen-bond donors (Lipinski definition) is 1. The average molecular weight is 701 g/mol.